The Bertz CT molecular complexity index is 851. The van der Waals surface area contributed by atoms with E-state index in [1.165, 1.54) is 82.6 Å². The molecule has 2 atom stereocenters. The van der Waals surface area contributed by atoms with Crippen LogP contribution in [0.2, 0.25) is 0 Å². The molecule has 2 unspecified atom stereocenters. The number of esters is 2. The van der Waals surface area contributed by atoms with E-state index in [9.17, 15) is 14.4 Å². The summed E-state index contributed by atoms with van der Waals surface area (Å²) in [6.07, 6.45) is 31.4. The number of hydrogen-bond donors (Lipinski definition) is 1. The van der Waals surface area contributed by atoms with E-state index in [-0.39, 0.29) is 24.0 Å². The van der Waals surface area contributed by atoms with Crippen LogP contribution in [0.15, 0.2) is 11.6 Å². The summed E-state index contributed by atoms with van der Waals surface area (Å²) < 4.78 is 16.3. The molecule has 0 spiro atoms. The summed E-state index contributed by atoms with van der Waals surface area (Å²) in [7, 11) is 0. The van der Waals surface area contributed by atoms with Crippen LogP contribution < -0.4 is 5.73 Å². The maximum atomic E-state index is 12.9. The molecule has 2 N–H and O–H groups in total. The zero-order valence-electron chi connectivity index (χ0n) is 34.6. The Morgan fingerprint density at radius 2 is 1.42 bits per heavy atom. The summed E-state index contributed by atoms with van der Waals surface area (Å²) >= 11 is 0. The van der Waals surface area contributed by atoms with Gasteiger partial charge >= 0.3 is 11.9 Å². The maximum Gasteiger partial charge on any atom is 0.308 e. The quantitative estimate of drug-likeness (QED) is 0.0548. The third-order valence-corrected chi connectivity index (χ3v) is 10.0. The predicted molar refractivity (Wildman–Crippen MR) is 217 cm³/mol. The lowest BCUT2D eigenvalue weighted by Gasteiger charge is -2.22. The Morgan fingerprint density at radius 3 is 2.10 bits per heavy atom. The molecule has 0 aromatic heterocycles. The lowest BCUT2D eigenvalue weighted by Crippen LogP contribution is -2.28. The monoisotopic (exact) mass is 737 g/mol. The Labute approximate surface area is 321 Å². The molecule has 1 rings (SSSR count). The molecule has 0 bridgehead atoms. The number of unbranched alkanes of at least 4 members (excludes halogenated alkanes) is 7. The van der Waals surface area contributed by atoms with Crippen LogP contribution in [0.4, 0.5) is 0 Å². The van der Waals surface area contributed by atoms with Gasteiger partial charge in [-0.2, -0.15) is 0 Å². The molecule has 0 radical (unpaired) electrons. The molecule has 1 aliphatic heterocycles. The van der Waals surface area contributed by atoms with Gasteiger partial charge in [0.25, 0.3) is 6.47 Å². The van der Waals surface area contributed by atoms with Gasteiger partial charge in [0, 0.05) is 12.8 Å². The number of carbonyl (C=O) groups excluding carboxylic acids is 3. The van der Waals surface area contributed by atoms with Gasteiger partial charge in [0.15, 0.2) is 0 Å². The fourth-order valence-corrected chi connectivity index (χ4v) is 6.65. The van der Waals surface area contributed by atoms with E-state index in [4.69, 9.17) is 15.2 Å². The molecule has 1 saturated heterocycles. The number of allylic oxidation sites excluding steroid dienone is 1. The zero-order valence-corrected chi connectivity index (χ0v) is 34.6. The molecule has 1 heterocycles. The lowest BCUT2D eigenvalue weighted by atomic mass is 9.97. The summed E-state index contributed by atoms with van der Waals surface area (Å²) in [5.74, 6) is -0.0938. The normalized spacial score (nSPS) is 21.4. The minimum absolute atomic E-state index is 0.0224. The second kappa shape index (κ2) is 38.8. The molecule has 0 saturated carbocycles. The molecule has 8 heteroatoms. The number of ether oxygens (including phenoxy) is 3. The molecule has 0 aromatic carbocycles. The van der Waals surface area contributed by atoms with Gasteiger partial charge in [0.1, 0.15) is 6.10 Å². The molecule has 306 valence electrons. The summed E-state index contributed by atoms with van der Waals surface area (Å²) in [5.41, 5.74) is 7.20. The van der Waals surface area contributed by atoms with Crippen LogP contribution in [0, 0.1) is 5.92 Å². The van der Waals surface area contributed by atoms with E-state index < -0.39 is 0 Å². The van der Waals surface area contributed by atoms with Crippen LogP contribution in [0.3, 0.4) is 0 Å². The Balaban J connectivity index is 0.00000253. The van der Waals surface area contributed by atoms with Gasteiger partial charge in [-0.25, -0.2) is 0 Å². The molecular weight excluding hydrogens is 652 g/mol. The topological polar surface area (TPSA) is 108 Å². The van der Waals surface area contributed by atoms with E-state index in [0.29, 0.717) is 26.1 Å². The van der Waals surface area contributed by atoms with Gasteiger partial charge in [0.05, 0.1) is 19.1 Å². The molecule has 0 amide bonds. The highest BCUT2D eigenvalue weighted by molar-refractivity contribution is 5.71. The van der Waals surface area contributed by atoms with Crippen molar-refractivity contribution in [2.45, 2.75) is 207 Å². The number of nitrogens with zero attached hydrogens (tertiary/aromatic N) is 1. The van der Waals surface area contributed by atoms with Crippen molar-refractivity contribution >= 4 is 18.4 Å². The number of cyclic esters (lactones) is 2. The van der Waals surface area contributed by atoms with Crippen molar-refractivity contribution in [2.24, 2.45) is 11.7 Å². The smallest absolute Gasteiger partial charge is 0.308 e. The largest absolute Gasteiger partial charge is 0.468 e. The van der Waals surface area contributed by atoms with Crippen molar-refractivity contribution < 1.29 is 28.6 Å². The standard InChI is InChI=1S/C37H70N2O4.C7H14O2/c1-4-6-8-15-25-35-32-34(23-7-5-2)24-17-20-31-42-37(41)33(3)22-14-11-13-19-29-39(30-21-27-38)28-18-12-9-10-16-26-36(40)43-35;1-2-3-4-5-6-9-7-8/h23,33,35H,4-22,24-32,38H2,1-3H3;7H,2-6H2,1H3/b34-23+;. The van der Waals surface area contributed by atoms with Crippen LogP contribution >= 0.6 is 0 Å². The Morgan fingerprint density at radius 1 is 0.769 bits per heavy atom. The first-order chi connectivity index (χ1) is 25.4. The van der Waals surface area contributed by atoms with Crippen molar-refractivity contribution in [3.8, 4) is 0 Å². The lowest BCUT2D eigenvalue weighted by molar-refractivity contribution is -0.150. The van der Waals surface area contributed by atoms with Crippen molar-refractivity contribution in [1.82, 2.24) is 4.90 Å². The fourth-order valence-electron chi connectivity index (χ4n) is 6.65. The van der Waals surface area contributed by atoms with Crippen LogP contribution in [-0.2, 0) is 28.6 Å². The van der Waals surface area contributed by atoms with Gasteiger partial charge in [-0.1, -0.05) is 123 Å². The first-order valence-corrected chi connectivity index (χ1v) is 21.9. The predicted octanol–water partition coefficient (Wildman–Crippen LogP) is 11.0. The summed E-state index contributed by atoms with van der Waals surface area (Å²) in [5, 5.41) is 0. The molecule has 1 aliphatic rings. The van der Waals surface area contributed by atoms with Gasteiger partial charge in [0.2, 0.25) is 0 Å². The number of hydrogen-bond acceptors (Lipinski definition) is 8. The van der Waals surface area contributed by atoms with Crippen molar-refractivity contribution in [2.75, 3.05) is 39.4 Å². The van der Waals surface area contributed by atoms with E-state index in [2.05, 4.69) is 36.5 Å². The van der Waals surface area contributed by atoms with Crippen LogP contribution in [0.5, 0.6) is 0 Å². The van der Waals surface area contributed by atoms with E-state index in [1.54, 1.807) is 0 Å². The molecule has 0 aromatic rings. The summed E-state index contributed by atoms with van der Waals surface area (Å²) in [4.78, 5) is 37.6. The van der Waals surface area contributed by atoms with Gasteiger partial charge in [-0.3, -0.25) is 14.4 Å². The minimum atomic E-state index is -0.0461. The van der Waals surface area contributed by atoms with E-state index in [0.717, 1.165) is 116 Å². The highest BCUT2D eigenvalue weighted by Crippen LogP contribution is 2.23. The highest BCUT2D eigenvalue weighted by Gasteiger charge is 2.17. The molecular formula is C44H84N2O6. The first-order valence-electron chi connectivity index (χ1n) is 21.9. The summed E-state index contributed by atoms with van der Waals surface area (Å²) in [6.45, 7) is 14.3. The average molecular weight is 737 g/mol. The van der Waals surface area contributed by atoms with Crippen LogP contribution in [0.25, 0.3) is 0 Å². The number of nitrogens with two attached hydrogens (primary N) is 1. The van der Waals surface area contributed by atoms with E-state index in [1.807, 2.05) is 6.92 Å². The van der Waals surface area contributed by atoms with Gasteiger partial charge in [-0.15, -0.1) is 0 Å². The fraction of sp³-hybridized carbons (Fsp3) is 0.886. The molecule has 0 aliphatic carbocycles. The second-order valence-corrected chi connectivity index (χ2v) is 15.1. The Kier molecular flexibility index (Phi) is 37.3. The minimum Gasteiger partial charge on any atom is -0.468 e. The van der Waals surface area contributed by atoms with E-state index >= 15 is 0 Å². The zero-order chi connectivity index (χ0) is 38.3. The third kappa shape index (κ3) is 32.7. The van der Waals surface area contributed by atoms with Crippen LogP contribution in [-0.4, -0.2) is 68.8 Å². The molecule has 52 heavy (non-hydrogen) atoms. The summed E-state index contributed by atoms with van der Waals surface area (Å²) in [6, 6.07) is 0. The molecule has 1 fully saturated rings. The van der Waals surface area contributed by atoms with Crippen LogP contribution in [0.1, 0.15) is 201 Å². The first kappa shape index (κ1) is 50.1. The number of carbonyl (C=O) groups is 3. The molecule has 8 nitrogen and oxygen atoms in total. The van der Waals surface area contributed by atoms with Crippen molar-refractivity contribution in [3.05, 3.63) is 11.6 Å². The number of rotatable bonds is 16. The van der Waals surface area contributed by atoms with Crippen molar-refractivity contribution in [1.29, 1.82) is 0 Å². The van der Waals surface area contributed by atoms with Gasteiger partial charge in [-0.05, 0) is 103 Å². The maximum absolute atomic E-state index is 12.9. The highest BCUT2D eigenvalue weighted by atomic mass is 16.5. The Hall–Kier alpha value is -1.93. The SMILES string of the molecule is CCC/C=C1\CCCCOC(=O)C(C)CCCCCCN(CCCN)CCCCCCCC(=O)OC(CCCCCC)C1.CCCCCCOC=O. The van der Waals surface area contributed by atoms with Gasteiger partial charge < -0.3 is 24.8 Å². The van der Waals surface area contributed by atoms with Crippen molar-refractivity contribution in [3.63, 3.8) is 0 Å². The second-order valence-electron chi connectivity index (χ2n) is 15.1. The third-order valence-electron chi connectivity index (χ3n) is 10.0. The average Bonchev–Trinajstić information content (AvgIpc) is 3.14.